The van der Waals surface area contributed by atoms with Crippen molar-refractivity contribution in [2.75, 3.05) is 11.1 Å². The summed E-state index contributed by atoms with van der Waals surface area (Å²) < 4.78 is 0. The molecule has 2 aromatic carbocycles. The van der Waals surface area contributed by atoms with Crippen molar-refractivity contribution in [2.45, 2.75) is 20.3 Å². The van der Waals surface area contributed by atoms with E-state index in [0.717, 1.165) is 12.1 Å². The molecule has 3 nitrogen and oxygen atoms in total. The van der Waals surface area contributed by atoms with Gasteiger partial charge in [0.1, 0.15) is 0 Å². The average molecular weight is 268 g/mol. The van der Waals surface area contributed by atoms with E-state index in [1.807, 2.05) is 12.1 Å². The van der Waals surface area contributed by atoms with Crippen LogP contribution in [0.4, 0.5) is 11.4 Å². The van der Waals surface area contributed by atoms with Gasteiger partial charge >= 0.3 is 0 Å². The van der Waals surface area contributed by atoms with Crippen LogP contribution in [0.1, 0.15) is 29.8 Å². The maximum absolute atomic E-state index is 12.0. The number of carbonyl (C=O) groups excluding carboxylic acids is 1. The Morgan fingerprint density at radius 1 is 1.05 bits per heavy atom. The summed E-state index contributed by atoms with van der Waals surface area (Å²) in [6.45, 7) is 4.38. The molecule has 20 heavy (non-hydrogen) atoms. The molecule has 0 atom stereocenters. The Morgan fingerprint density at radius 3 is 2.20 bits per heavy atom. The molecule has 104 valence electrons. The quantitative estimate of drug-likeness (QED) is 0.830. The zero-order chi connectivity index (χ0) is 14.5. The molecular weight excluding hydrogens is 248 g/mol. The summed E-state index contributed by atoms with van der Waals surface area (Å²) in [6, 6.07) is 14.9. The lowest BCUT2D eigenvalue weighted by Gasteiger charge is -2.08. The van der Waals surface area contributed by atoms with Crippen LogP contribution >= 0.6 is 0 Å². The second kappa shape index (κ2) is 6.24. The van der Waals surface area contributed by atoms with Gasteiger partial charge in [-0.2, -0.15) is 0 Å². The van der Waals surface area contributed by atoms with E-state index in [1.165, 1.54) is 5.56 Å². The van der Waals surface area contributed by atoms with Crippen molar-refractivity contribution in [3.8, 4) is 0 Å². The first-order chi connectivity index (χ1) is 9.54. The summed E-state index contributed by atoms with van der Waals surface area (Å²) in [5, 5.41) is 2.88. The van der Waals surface area contributed by atoms with Gasteiger partial charge in [0.25, 0.3) is 5.91 Å². The predicted molar refractivity (Wildman–Crippen MR) is 83.8 cm³/mol. The molecule has 0 aliphatic heterocycles. The first-order valence-electron chi connectivity index (χ1n) is 6.80. The summed E-state index contributed by atoms with van der Waals surface area (Å²) in [4.78, 5) is 12.0. The third-order valence-electron chi connectivity index (χ3n) is 3.03. The molecule has 0 aliphatic rings. The summed E-state index contributed by atoms with van der Waals surface area (Å²) in [5.41, 5.74) is 8.95. The number of nitrogen functional groups attached to an aromatic ring is 1. The van der Waals surface area contributed by atoms with Gasteiger partial charge in [-0.15, -0.1) is 0 Å². The van der Waals surface area contributed by atoms with Gasteiger partial charge in [-0.05, 0) is 54.3 Å². The minimum atomic E-state index is -0.124. The summed E-state index contributed by atoms with van der Waals surface area (Å²) in [6.07, 6.45) is 1.05. The van der Waals surface area contributed by atoms with Crippen molar-refractivity contribution < 1.29 is 4.79 Å². The third-order valence-corrected chi connectivity index (χ3v) is 3.03. The molecule has 3 heteroatoms. The molecule has 0 heterocycles. The Bertz CT molecular complexity index is 571. The van der Waals surface area contributed by atoms with Crippen molar-refractivity contribution >= 4 is 17.3 Å². The van der Waals surface area contributed by atoms with Crippen molar-refractivity contribution in [3.63, 3.8) is 0 Å². The van der Waals surface area contributed by atoms with Crippen LogP contribution in [0.15, 0.2) is 48.5 Å². The first-order valence-corrected chi connectivity index (χ1v) is 6.80. The van der Waals surface area contributed by atoms with E-state index in [0.29, 0.717) is 17.2 Å². The highest BCUT2D eigenvalue weighted by Gasteiger charge is 2.05. The van der Waals surface area contributed by atoms with Gasteiger partial charge < -0.3 is 11.1 Å². The van der Waals surface area contributed by atoms with E-state index in [2.05, 4.69) is 31.3 Å². The standard InChI is InChI=1S/C17H20N2O/c1-12(2)11-13-3-9-16(10-4-13)19-17(20)14-5-7-15(18)8-6-14/h3-10,12H,11,18H2,1-2H3,(H,19,20). The molecule has 0 fully saturated rings. The Morgan fingerprint density at radius 2 is 1.65 bits per heavy atom. The number of benzene rings is 2. The highest BCUT2D eigenvalue weighted by molar-refractivity contribution is 6.04. The maximum Gasteiger partial charge on any atom is 0.255 e. The summed E-state index contributed by atoms with van der Waals surface area (Å²) in [7, 11) is 0. The van der Waals surface area contributed by atoms with Crippen LogP contribution in [0.25, 0.3) is 0 Å². The molecule has 0 unspecified atom stereocenters. The Hall–Kier alpha value is -2.29. The Kier molecular flexibility index (Phi) is 4.41. The molecular formula is C17H20N2O. The van der Waals surface area contributed by atoms with E-state index in [-0.39, 0.29) is 5.91 Å². The highest BCUT2D eigenvalue weighted by Crippen LogP contribution is 2.14. The molecule has 1 amide bonds. The zero-order valence-corrected chi connectivity index (χ0v) is 11.9. The lowest BCUT2D eigenvalue weighted by molar-refractivity contribution is 0.102. The third kappa shape index (κ3) is 3.85. The van der Waals surface area contributed by atoms with Crippen molar-refractivity contribution in [1.82, 2.24) is 0 Å². The van der Waals surface area contributed by atoms with Crippen molar-refractivity contribution in [2.24, 2.45) is 5.92 Å². The monoisotopic (exact) mass is 268 g/mol. The van der Waals surface area contributed by atoms with E-state index < -0.39 is 0 Å². The minimum Gasteiger partial charge on any atom is -0.399 e. The fourth-order valence-electron chi connectivity index (χ4n) is 2.03. The van der Waals surface area contributed by atoms with Gasteiger partial charge in [-0.25, -0.2) is 0 Å². The minimum absolute atomic E-state index is 0.124. The van der Waals surface area contributed by atoms with Gasteiger partial charge in [0.15, 0.2) is 0 Å². The van der Waals surface area contributed by atoms with Crippen molar-refractivity contribution in [3.05, 3.63) is 59.7 Å². The fraction of sp³-hybridized carbons (Fsp3) is 0.235. The van der Waals surface area contributed by atoms with Gasteiger partial charge in [-0.3, -0.25) is 4.79 Å². The van der Waals surface area contributed by atoms with Gasteiger partial charge in [0.2, 0.25) is 0 Å². The smallest absolute Gasteiger partial charge is 0.255 e. The first kappa shape index (κ1) is 14.1. The molecule has 0 saturated carbocycles. The second-order valence-electron chi connectivity index (χ2n) is 5.37. The molecule has 2 aromatic rings. The van der Waals surface area contributed by atoms with E-state index >= 15 is 0 Å². The molecule has 0 spiro atoms. The van der Waals surface area contributed by atoms with Crippen molar-refractivity contribution in [1.29, 1.82) is 0 Å². The predicted octanol–water partition coefficient (Wildman–Crippen LogP) is 3.72. The molecule has 0 bridgehead atoms. The second-order valence-corrected chi connectivity index (χ2v) is 5.37. The number of carbonyl (C=O) groups is 1. The summed E-state index contributed by atoms with van der Waals surface area (Å²) in [5.74, 6) is 0.506. The number of amides is 1. The fourth-order valence-corrected chi connectivity index (χ4v) is 2.03. The number of hydrogen-bond acceptors (Lipinski definition) is 2. The van der Waals surface area contributed by atoms with E-state index in [9.17, 15) is 4.79 Å². The van der Waals surface area contributed by atoms with Crippen LogP contribution in [0.3, 0.4) is 0 Å². The maximum atomic E-state index is 12.0. The zero-order valence-electron chi connectivity index (χ0n) is 11.9. The topological polar surface area (TPSA) is 55.1 Å². The average Bonchev–Trinajstić information content (AvgIpc) is 2.41. The number of rotatable bonds is 4. The Labute approximate surface area is 119 Å². The lowest BCUT2D eigenvalue weighted by Crippen LogP contribution is -2.11. The number of anilines is 2. The number of nitrogens with one attached hydrogen (secondary N) is 1. The highest BCUT2D eigenvalue weighted by atomic mass is 16.1. The SMILES string of the molecule is CC(C)Cc1ccc(NC(=O)c2ccc(N)cc2)cc1. The normalized spacial score (nSPS) is 10.6. The number of hydrogen-bond donors (Lipinski definition) is 2. The van der Waals surface area contributed by atoms with Gasteiger partial charge in [0.05, 0.1) is 0 Å². The molecule has 2 rings (SSSR count). The Balaban J connectivity index is 2.02. The molecule has 0 aliphatic carbocycles. The van der Waals surface area contributed by atoms with Gasteiger partial charge in [0, 0.05) is 16.9 Å². The molecule has 0 radical (unpaired) electrons. The van der Waals surface area contributed by atoms with Gasteiger partial charge in [-0.1, -0.05) is 26.0 Å². The lowest BCUT2D eigenvalue weighted by atomic mass is 10.0. The molecule has 0 aromatic heterocycles. The van der Waals surface area contributed by atoms with Crippen LogP contribution in [0.5, 0.6) is 0 Å². The van der Waals surface area contributed by atoms with Crippen LogP contribution in [0.2, 0.25) is 0 Å². The largest absolute Gasteiger partial charge is 0.399 e. The van der Waals surface area contributed by atoms with Crippen LogP contribution in [-0.2, 0) is 6.42 Å². The van der Waals surface area contributed by atoms with Crippen LogP contribution < -0.4 is 11.1 Å². The van der Waals surface area contributed by atoms with E-state index in [1.54, 1.807) is 24.3 Å². The number of nitrogens with two attached hydrogens (primary N) is 1. The van der Waals surface area contributed by atoms with E-state index in [4.69, 9.17) is 5.73 Å². The summed E-state index contributed by atoms with van der Waals surface area (Å²) >= 11 is 0. The molecule has 0 saturated heterocycles. The molecule has 3 N–H and O–H groups in total. The van der Waals surface area contributed by atoms with Crippen LogP contribution in [0, 0.1) is 5.92 Å². The van der Waals surface area contributed by atoms with Crippen LogP contribution in [-0.4, -0.2) is 5.91 Å².